The molecular formula is C27H46O3. The maximum absolute atomic E-state index is 12.5. The van der Waals surface area contributed by atoms with Crippen LogP contribution < -0.4 is 0 Å². The van der Waals surface area contributed by atoms with Gasteiger partial charge in [0.15, 0.2) is 0 Å². The van der Waals surface area contributed by atoms with Crippen molar-refractivity contribution in [3.63, 3.8) is 0 Å². The van der Waals surface area contributed by atoms with Gasteiger partial charge in [0, 0.05) is 25.6 Å². The molecule has 0 aromatic heterocycles. The van der Waals surface area contributed by atoms with Crippen LogP contribution in [0.1, 0.15) is 113 Å². The van der Waals surface area contributed by atoms with Crippen molar-refractivity contribution >= 4 is 11.8 Å². The summed E-state index contributed by atoms with van der Waals surface area (Å²) in [4.78, 5) is 24.9. The summed E-state index contributed by atoms with van der Waals surface area (Å²) >= 11 is 0. The van der Waals surface area contributed by atoms with Crippen molar-refractivity contribution in [2.24, 2.45) is 40.4 Å². The van der Waals surface area contributed by atoms with Gasteiger partial charge in [-0.15, -0.1) is 0 Å². The van der Waals surface area contributed by atoms with E-state index in [1.165, 1.54) is 44.9 Å². The Hall–Kier alpha value is -0.860. The smallest absolute Gasteiger partial charge is 0.306 e. The lowest BCUT2D eigenvalue weighted by Gasteiger charge is -2.60. The van der Waals surface area contributed by atoms with Crippen LogP contribution in [0.5, 0.6) is 0 Å². The molecule has 0 heterocycles. The van der Waals surface area contributed by atoms with E-state index in [-0.39, 0.29) is 24.8 Å². The first kappa shape index (κ1) is 22.3. The molecule has 0 unspecified atom stereocenters. The number of ketones is 1. The summed E-state index contributed by atoms with van der Waals surface area (Å²) in [6, 6.07) is 0. The summed E-state index contributed by atoms with van der Waals surface area (Å²) in [6.45, 7) is 9.31. The van der Waals surface area contributed by atoms with E-state index in [0.29, 0.717) is 29.5 Å². The minimum absolute atomic E-state index is 0. The summed E-state index contributed by atoms with van der Waals surface area (Å²) in [6.07, 6.45) is 14.4. The van der Waals surface area contributed by atoms with E-state index in [9.17, 15) is 9.59 Å². The molecule has 0 radical (unpaired) electrons. The Morgan fingerprint density at radius 2 is 1.80 bits per heavy atom. The Balaban J connectivity index is 0.00000272. The van der Waals surface area contributed by atoms with Crippen molar-refractivity contribution in [3.05, 3.63) is 0 Å². The van der Waals surface area contributed by atoms with Crippen molar-refractivity contribution in [1.82, 2.24) is 0 Å². The van der Waals surface area contributed by atoms with E-state index in [1.54, 1.807) is 0 Å². The highest BCUT2D eigenvalue weighted by molar-refractivity contribution is 5.82. The maximum atomic E-state index is 12.5. The first-order valence-corrected chi connectivity index (χ1v) is 13.0. The number of unbranched alkanes of at least 4 members (excludes halogenated alkanes) is 3. The fraction of sp³-hybridized carbons (Fsp3) is 0.926. The first-order chi connectivity index (χ1) is 14.3. The molecule has 0 N–H and O–H groups in total. The third-order valence-electron chi connectivity index (χ3n) is 10.2. The Morgan fingerprint density at radius 1 is 1.03 bits per heavy atom. The molecule has 0 aliphatic heterocycles. The predicted octanol–water partition coefficient (Wildman–Crippen LogP) is 6.97. The minimum atomic E-state index is 0. The highest BCUT2D eigenvalue weighted by atomic mass is 16.5. The molecule has 3 nitrogen and oxygen atoms in total. The fourth-order valence-electron chi connectivity index (χ4n) is 8.47. The van der Waals surface area contributed by atoms with Crippen LogP contribution in [-0.4, -0.2) is 17.9 Å². The number of ether oxygens (including phenoxy) is 1. The van der Waals surface area contributed by atoms with E-state index in [1.807, 2.05) is 0 Å². The van der Waals surface area contributed by atoms with E-state index in [4.69, 9.17) is 4.74 Å². The molecule has 0 aromatic rings. The van der Waals surface area contributed by atoms with Gasteiger partial charge in [-0.05, 0) is 80.5 Å². The number of carbonyl (C=O) groups is 2. The number of hydrogen-bond donors (Lipinski definition) is 0. The normalized spacial score (nSPS) is 45.4. The van der Waals surface area contributed by atoms with E-state index in [2.05, 4.69) is 27.7 Å². The number of hydrogen-bond acceptors (Lipinski definition) is 3. The molecule has 0 saturated heterocycles. The van der Waals surface area contributed by atoms with Gasteiger partial charge in [-0.3, -0.25) is 9.59 Å². The summed E-state index contributed by atoms with van der Waals surface area (Å²) in [5.41, 5.74) is 0.505. The molecule has 4 aliphatic rings. The molecule has 0 spiro atoms. The molecular weight excluding hydrogens is 372 g/mol. The molecule has 4 saturated carbocycles. The molecule has 4 fully saturated rings. The van der Waals surface area contributed by atoms with Crippen molar-refractivity contribution in [2.75, 3.05) is 0 Å². The molecule has 0 amide bonds. The van der Waals surface area contributed by atoms with Crippen LogP contribution in [0.15, 0.2) is 0 Å². The molecule has 172 valence electrons. The summed E-state index contributed by atoms with van der Waals surface area (Å²) in [5.74, 6) is 3.60. The van der Waals surface area contributed by atoms with Gasteiger partial charge in [-0.1, -0.05) is 47.0 Å². The van der Waals surface area contributed by atoms with Gasteiger partial charge in [-0.2, -0.15) is 0 Å². The van der Waals surface area contributed by atoms with E-state index in [0.717, 1.165) is 43.9 Å². The monoisotopic (exact) mass is 418 g/mol. The Bertz CT molecular complexity index is 663. The summed E-state index contributed by atoms with van der Waals surface area (Å²) in [5, 5.41) is 0. The molecule has 0 bridgehead atoms. The second kappa shape index (κ2) is 8.58. The summed E-state index contributed by atoms with van der Waals surface area (Å²) in [7, 11) is 0. The second-order valence-electron chi connectivity index (χ2n) is 11.8. The van der Waals surface area contributed by atoms with Crippen molar-refractivity contribution in [2.45, 2.75) is 117 Å². The SMILES string of the molecule is CCCCCCC(=O)O[C@H]1CC[C@H]2[C@@H]3CC[C@H]4CC(=O)[C@H](C)C[C@]4(C)[C@H]3CC[C@]12C.[HH]. The number of esters is 1. The van der Waals surface area contributed by atoms with Crippen LogP contribution in [0.4, 0.5) is 0 Å². The maximum Gasteiger partial charge on any atom is 0.306 e. The quantitative estimate of drug-likeness (QED) is 0.345. The second-order valence-corrected chi connectivity index (χ2v) is 11.8. The first-order valence-electron chi connectivity index (χ1n) is 13.0. The van der Waals surface area contributed by atoms with Crippen LogP contribution in [0.3, 0.4) is 0 Å². The predicted molar refractivity (Wildman–Crippen MR) is 122 cm³/mol. The van der Waals surface area contributed by atoms with E-state index >= 15 is 0 Å². The van der Waals surface area contributed by atoms with Gasteiger partial charge < -0.3 is 4.74 Å². The van der Waals surface area contributed by atoms with Crippen LogP contribution >= 0.6 is 0 Å². The Labute approximate surface area is 185 Å². The highest BCUT2D eigenvalue weighted by Crippen LogP contribution is 2.66. The lowest BCUT2D eigenvalue weighted by Crippen LogP contribution is -2.55. The molecule has 4 aliphatic carbocycles. The number of fused-ring (bicyclic) bond motifs is 5. The van der Waals surface area contributed by atoms with Crippen molar-refractivity contribution < 1.29 is 15.8 Å². The average Bonchev–Trinajstić information content (AvgIpc) is 3.03. The third kappa shape index (κ3) is 3.77. The molecule has 0 aromatic carbocycles. The lowest BCUT2D eigenvalue weighted by atomic mass is 9.44. The van der Waals surface area contributed by atoms with E-state index < -0.39 is 0 Å². The van der Waals surface area contributed by atoms with Crippen LogP contribution in [0.2, 0.25) is 0 Å². The van der Waals surface area contributed by atoms with Gasteiger partial charge in [0.2, 0.25) is 0 Å². The zero-order valence-electron chi connectivity index (χ0n) is 19.9. The van der Waals surface area contributed by atoms with Crippen LogP contribution in [0, 0.1) is 40.4 Å². The molecule has 30 heavy (non-hydrogen) atoms. The molecule has 8 atom stereocenters. The molecule has 3 heteroatoms. The lowest BCUT2D eigenvalue weighted by molar-refractivity contribution is -0.165. The number of carbonyl (C=O) groups excluding carboxylic acids is 2. The topological polar surface area (TPSA) is 43.4 Å². The third-order valence-corrected chi connectivity index (χ3v) is 10.2. The Morgan fingerprint density at radius 3 is 2.57 bits per heavy atom. The van der Waals surface area contributed by atoms with Gasteiger partial charge in [-0.25, -0.2) is 0 Å². The van der Waals surface area contributed by atoms with Gasteiger partial charge in [0.05, 0.1) is 0 Å². The Kier molecular flexibility index (Phi) is 6.39. The number of Topliss-reactive ketones (excluding diaryl/α,β-unsaturated/α-hetero) is 1. The van der Waals surface area contributed by atoms with Crippen molar-refractivity contribution in [1.29, 1.82) is 0 Å². The van der Waals surface area contributed by atoms with Gasteiger partial charge in [0.25, 0.3) is 0 Å². The van der Waals surface area contributed by atoms with Gasteiger partial charge in [0.1, 0.15) is 11.9 Å². The zero-order valence-corrected chi connectivity index (χ0v) is 19.9. The summed E-state index contributed by atoms with van der Waals surface area (Å²) < 4.78 is 6.12. The zero-order chi connectivity index (χ0) is 21.5. The average molecular weight is 419 g/mol. The van der Waals surface area contributed by atoms with Crippen molar-refractivity contribution in [3.8, 4) is 0 Å². The van der Waals surface area contributed by atoms with Gasteiger partial charge >= 0.3 is 5.97 Å². The largest absolute Gasteiger partial charge is 0.462 e. The molecule has 4 rings (SSSR count). The fourth-order valence-corrected chi connectivity index (χ4v) is 8.47. The van der Waals surface area contributed by atoms with Crippen LogP contribution in [-0.2, 0) is 14.3 Å². The minimum Gasteiger partial charge on any atom is -0.462 e. The standard InChI is InChI=1S/C27H44O3.H2/c1-5-6-7-8-9-25(29)30-24-13-12-21-20-11-10-19-16-23(28)18(2)17-27(19,4)22(20)14-15-26(21,24)3;/h18-22,24H,5-17H2,1-4H3;1H/t18-,19+,20+,21+,22+,24+,26+,27+;/m1./s1. The number of rotatable bonds is 6. The van der Waals surface area contributed by atoms with Crippen LogP contribution in [0.25, 0.3) is 0 Å². The highest BCUT2D eigenvalue weighted by Gasteiger charge is 2.61.